The van der Waals surface area contributed by atoms with Gasteiger partial charge >= 0.3 is 0 Å². The predicted molar refractivity (Wildman–Crippen MR) is 114 cm³/mol. The van der Waals surface area contributed by atoms with Gasteiger partial charge < -0.3 is 26.8 Å². The van der Waals surface area contributed by atoms with Crippen molar-refractivity contribution in [2.24, 2.45) is 17.6 Å². The van der Waals surface area contributed by atoms with E-state index < -0.39 is 0 Å². The smallest absolute Gasteiger partial charge is 0.128 e. The molecule has 1 aromatic heterocycles. The van der Waals surface area contributed by atoms with E-state index in [0.717, 1.165) is 44.3 Å². The van der Waals surface area contributed by atoms with Crippen molar-refractivity contribution in [3.63, 3.8) is 0 Å². The summed E-state index contributed by atoms with van der Waals surface area (Å²) < 4.78 is 0. The second-order valence-electron chi connectivity index (χ2n) is 7.31. The number of nitrogens with two attached hydrogens (primary N) is 1. The quantitative estimate of drug-likeness (QED) is 0.487. The summed E-state index contributed by atoms with van der Waals surface area (Å²) in [6, 6.07) is 9.31. The van der Waals surface area contributed by atoms with E-state index >= 15 is 0 Å². The average Bonchev–Trinajstić information content (AvgIpc) is 2.72. The van der Waals surface area contributed by atoms with E-state index in [1.54, 1.807) is 6.07 Å². The van der Waals surface area contributed by atoms with Crippen LogP contribution in [0.15, 0.2) is 36.5 Å². The van der Waals surface area contributed by atoms with Gasteiger partial charge in [0.1, 0.15) is 5.82 Å². The number of benzene rings is 1. The van der Waals surface area contributed by atoms with Crippen LogP contribution < -0.4 is 21.6 Å². The van der Waals surface area contributed by atoms with Gasteiger partial charge in [-0.1, -0.05) is 29.8 Å². The van der Waals surface area contributed by atoms with Crippen molar-refractivity contribution in [1.29, 1.82) is 0 Å². The number of rotatable bonds is 8. The highest BCUT2D eigenvalue weighted by Crippen LogP contribution is 2.31. The first-order valence-corrected chi connectivity index (χ1v) is 10.0. The summed E-state index contributed by atoms with van der Waals surface area (Å²) in [6.07, 6.45) is 5.88. The summed E-state index contributed by atoms with van der Waals surface area (Å²) >= 11 is 6.18. The lowest BCUT2D eigenvalue weighted by Gasteiger charge is -2.29. The molecular weight excluding hydrogens is 378 g/mol. The molecule has 0 unspecified atom stereocenters. The second-order valence-corrected chi connectivity index (χ2v) is 7.72. The number of hydrogen-bond acceptors (Lipinski definition) is 7. The Hall–Kier alpha value is -2.06. The maximum absolute atomic E-state index is 11.5. The first-order chi connectivity index (χ1) is 13.6. The van der Waals surface area contributed by atoms with E-state index in [1.807, 2.05) is 24.3 Å². The van der Waals surface area contributed by atoms with Crippen molar-refractivity contribution >= 4 is 28.8 Å². The average molecular weight is 405 g/mol. The van der Waals surface area contributed by atoms with E-state index in [9.17, 15) is 10.4 Å². The largest absolute Gasteiger partial charge is 0.733 e. The minimum Gasteiger partial charge on any atom is -0.733 e. The normalized spacial score (nSPS) is 19.3. The molecule has 0 aliphatic heterocycles. The van der Waals surface area contributed by atoms with Crippen LogP contribution >= 0.6 is 11.6 Å². The van der Waals surface area contributed by atoms with Crippen molar-refractivity contribution < 1.29 is 5.21 Å². The molecule has 1 saturated carbocycles. The van der Waals surface area contributed by atoms with Gasteiger partial charge in [0.15, 0.2) is 0 Å². The maximum atomic E-state index is 11.5. The van der Waals surface area contributed by atoms with Crippen LogP contribution in [0.25, 0.3) is 0 Å². The number of nitrogens with zero attached hydrogens (tertiary/aromatic N) is 2. The van der Waals surface area contributed by atoms with Gasteiger partial charge in [-0.25, -0.2) is 4.98 Å². The number of pyridine rings is 1. The van der Waals surface area contributed by atoms with E-state index in [2.05, 4.69) is 15.6 Å². The number of hydrogen-bond donors (Lipinski definition) is 4. The third-order valence-corrected chi connectivity index (χ3v) is 5.76. The van der Waals surface area contributed by atoms with Gasteiger partial charge in [-0.15, -0.1) is 0 Å². The lowest BCUT2D eigenvalue weighted by atomic mass is 9.82. The molecule has 8 heteroatoms. The number of nitrogens with one attached hydrogen (secondary N) is 2. The van der Waals surface area contributed by atoms with Crippen molar-refractivity contribution in [3.05, 3.63) is 52.3 Å². The van der Waals surface area contributed by atoms with E-state index in [-0.39, 0.29) is 10.9 Å². The molecule has 0 saturated heterocycles. The Bertz CT molecular complexity index is 766. The monoisotopic (exact) mass is 404 g/mol. The van der Waals surface area contributed by atoms with Gasteiger partial charge in [0, 0.05) is 24.2 Å². The summed E-state index contributed by atoms with van der Waals surface area (Å²) in [6.45, 7) is 2.01. The fourth-order valence-electron chi connectivity index (χ4n) is 3.59. The molecule has 0 spiro atoms. The molecule has 0 amide bonds. The van der Waals surface area contributed by atoms with E-state index in [0.29, 0.717) is 34.9 Å². The van der Waals surface area contributed by atoms with Crippen LogP contribution in [0.2, 0.25) is 5.02 Å². The van der Waals surface area contributed by atoms with Crippen LogP contribution in [-0.4, -0.2) is 23.3 Å². The summed E-state index contributed by atoms with van der Waals surface area (Å²) in [4.78, 5) is 4.21. The van der Waals surface area contributed by atoms with Crippen molar-refractivity contribution in [2.75, 3.05) is 28.9 Å². The first-order valence-electron chi connectivity index (χ1n) is 9.64. The Balaban J connectivity index is 1.63. The van der Waals surface area contributed by atoms with Crippen LogP contribution in [0.4, 0.5) is 17.2 Å². The molecule has 28 heavy (non-hydrogen) atoms. The predicted octanol–water partition coefficient (Wildman–Crippen LogP) is 4.22. The van der Waals surface area contributed by atoms with E-state index in [1.165, 1.54) is 6.20 Å². The van der Waals surface area contributed by atoms with Crippen LogP contribution in [0.1, 0.15) is 31.2 Å². The van der Waals surface area contributed by atoms with Gasteiger partial charge in [0.2, 0.25) is 0 Å². The zero-order valence-electron chi connectivity index (χ0n) is 15.8. The van der Waals surface area contributed by atoms with Crippen LogP contribution in [0.3, 0.4) is 0 Å². The molecule has 1 aliphatic rings. The maximum Gasteiger partial charge on any atom is 0.128 e. The number of anilines is 3. The molecular formula is C20H27ClN5O2-. The van der Waals surface area contributed by atoms with Crippen molar-refractivity contribution in [2.45, 2.75) is 32.2 Å². The Morgan fingerprint density at radius 1 is 1.18 bits per heavy atom. The van der Waals surface area contributed by atoms with Crippen molar-refractivity contribution in [1.82, 2.24) is 4.98 Å². The minimum absolute atomic E-state index is 0.0962. The summed E-state index contributed by atoms with van der Waals surface area (Å²) in [7, 11) is 0. The fraction of sp³-hybridized carbons (Fsp3) is 0.450. The van der Waals surface area contributed by atoms with Gasteiger partial charge in [0.25, 0.3) is 0 Å². The number of aromatic nitrogens is 1. The third kappa shape index (κ3) is 5.48. The Morgan fingerprint density at radius 2 is 1.89 bits per heavy atom. The van der Waals surface area contributed by atoms with Gasteiger partial charge in [0.05, 0.1) is 17.6 Å². The lowest BCUT2D eigenvalue weighted by Crippen LogP contribution is -2.25. The fourth-order valence-corrected chi connectivity index (χ4v) is 3.79. The lowest BCUT2D eigenvalue weighted by molar-refractivity contribution is 0.288. The molecule has 3 rings (SSSR count). The van der Waals surface area contributed by atoms with Crippen LogP contribution in [-0.2, 0) is 6.54 Å². The Morgan fingerprint density at radius 3 is 2.57 bits per heavy atom. The van der Waals surface area contributed by atoms with E-state index in [4.69, 9.17) is 17.3 Å². The molecule has 2 aromatic rings. The standard InChI is InChI=1S/C20H27ClN5O2/c21-17-4-2-1-3-16(17)12-24-20-9-18(19(13-25-20)26(27)28)23-11-15-7-5-14(10-22)6-8-15/h1-4,9,13-15,27H,5-8,10-12,22H2,(H2,23,24,25)/q-1. The molecule has 1 aliphatic carbocycles. The third-order valence-electron chi connectivity index (χ3n) is 5.39. The highest BCUT2D eigenvalue weighted by Gasteiger charge is 2.20. The summed E-state index contributed by atoms with van der Waals surface area (Å²) in [5, 5.41) is 27.9. The first kappa shape index (κ1) is 20.7. The molecule has 0 atom stereocenters. The molecule has 7 nitrogen and oxygen atoms in total. The number of halogens is 1. The molecule has 5 N–H and O–H groups in total. The van der Waals surface area contributed by atoms with Gasteiger partial charge in [-0.05, 0) is 55.7 Å². The zero-order valence-corrected chi connectivity index (χ0v) is 16.5. The molecule has 1 fully saturated rings. The summed E-state index contributed by atoms with van der Waals surface area (Å²) in [5.74, 6) is 1.75. The molecule has 0 bridgehead atoms. The Labute approximate surface area is 170 Å². The molecule has 1 heterocycles. The molecule has 1 aromatic carbocycles. The molecule has 152 valence electrons. The van der Waals surface area contributed by atoms with Crippen LogP contribution in [0, 0.1) is 17.0 Å². The zero-order chi connectivity index (χ0) is 19.9. The summed E-state index contributed by atoms with van der Waals surface area (Å²) in [5.41, 5.74) is 7.36. The highest BCUT2D eigenvalue weighted by atomic mass is 35.5. The minimum atomic E-state index is -0.154. The van der Waals surface area contributed by atoms with Crippen LogP contribution in [0.5, 0.6) is 0 Å². The highest BCUT2D eigenvalue weighted by molar-refractivity contribution is 6.31. The second kappa shape index (κ2) is 9.93. The molecule has 0 radical (unpaired) electrons. The van der Waals surface area contributed by atoms with Gasteiger partial charge in [-0.3, -0.25) is 5.21 Å². The Kier molecular flexibility index (Phi) is 7.33. The topological polar surface area (TPSA) is 110 Å². The van der Waals surface area contributed by atoms with Gasteiger partial charge in [-0.2, -0.15) is 0 Å². The van der Waals surface area contributed by atoms with Crippen molar-refractivity contribution in [3.8, 4) is 0 Å². The SMILES string of the molecule is NCC1CCC(CNc2cc(NCc3ccccc3Cl)ncc2N([O-])O)CC1.